The second-order valence-corrected chi connectivity index (χ2v) is 11.7. The van der Waals surface area contributed by atoms with E-state index in [1.54, 1.807) is 6.08 Å². The Morgan fingerprint density at radius 2 is 1.52 bits per heavy atom. The smallest absolute Gasteiger partial charge is 0.160 e. The first-order valence-electron chi connectivity index (χ1n) is 16.9. The van der Waals surface area contributed by atoms with Crippen LogP contribution in [0.4, 0.5) is 0 Å². The fourth-order valence-electron chi connectivity index (χ4n) is 6.48. The maximum absolute atomic E-state index is 6.86. The highest BCUT2D eigenvalue weighted by atomic mass is 16.3. The van der Waals surface area contributed by atoms with Gasteiger partial charge < -0.3 is 4.42 Å². The Bertz CT molecular complexity index is 2390. The lowest BCUT2D eigenvalue weighted by Crippen LogP contribution is -2.13. The third-order valence-corrected chi connectivity index (χ3v) is 8.80. The van der Waals surface area contributed by atoms with Crippen molar-refractivity contribution in [3.05, 3.63) is 150 Å². The number of fused-ring (bicyclic) bond motifs is 5. The van der Waals surface area contributed by atoms with Crippen LogP contribution in [0.1, 0.15) is 58.6 Å². The molecule has 0 radical (unpaired) electrons. The van der Waals surface area contributed by atoms with Crippen molar-refractivity contribution in [1.29, 1.82) is 0 Å². The van der Waals surface area contributed by atoms with Crippen molar-refractivity contribution in [3.8, 4) is 0 Å². The zero-order valence-electron chi connectivity index (χ0n) is 28.5. The molecule has 3 heteroatoms. The molecule has 0 atom stereocenters. The van der Waals surface area contributed by atoms with Crippen molar-refractivity contribution in [1.82, 2.24) is 0 Å². The first-order valence-corrected chi connectivity index (χ1v) is 16.9. The Labute approximate surface area is 283 Å². The van der Waals surface area contributed by atoms with E-state index in [-0.39, 0.29) is 0 Å². The average molecular weight is 627 g/mol. The van der Waals surface area contributed by atoms with Crippen LogP contribution in [0, 0.1) is 0 Å². The molecule has 1 aliphatic rings. The lowest BCUT2D eigenvalue weighted by Gasteiger charge is -2.12. The highest BCUT2D eigenvalue weighted by Crippen LogP contribution is 2.41. The van der Waals surface area contributed by atoms with E-state index in [9.17, 15) is 0 Å². The number of aliphatic imine (C=N–C) groups is 2. The lowest BCUT2D eigenvalue weighted by atomic mass is 9.90. The van der Waals surface area contributed by atoms with Crippen LogP contribution in [0.2, 0.25) is 0 Å². The van der Waals surface area contributed by atoms with Gasteiger partial charge in [-0.3, -0.25) is 0 Å². The molecule has 0 saturated carbocycles. The molecule has 0 spiro atoms. The van der Waals surface area contributed by atoms with Gasteiger partial charge in [-0.05, 0) is 76.9 Å². The van der Waals surface area contributed by atoms with Gasteiger partial charge in [0.15, 0.2) is 5.84 Å². The van der Waals surface area contributed by atoms with Crippen molar-refractivity contribution in [2.24, 2.45) is 9.98 Å². The fourth-order valence-corrected chi connectivity index (χ4v) is 6.48. The number of amidine groups is 1. The maximum atomic E-state index is 6.86. The van der Waals surface area contributed by atoms with Gasteiger partial charge in [-0.15, -0.1) is 0 Å². The topological polar surface area (TPSA) is 37.9 Å². The summed E-state index contributed by atoms with van der Waals surface area (Å²) in [6.07, 6.45) is 15.6. The van der Waals surface area contributed by atoms with Crippen LogP contribution in [-0.4, -0.2) is 11.5 Å². The summed E-state index contributed by atoms with van der Waals surface area (Å²) in [5.41, 5.74) is 7.94. The van der Waals surface area contributed by atoms with Crippen LogP contribution in [0.15, 0.2) is 148 Å². The summed E-state index contributed by atoms with van der Waals surface area (Å²) in [5, 5.41) is 8.43. The van der Waals surface area contributed by atoms with Crippen molar-refractivity contribution in [2.75, 3.05) is 0 Å². The van der Waals surface area contributed by atoms with Crippen molar-refractivity contribution < 1.29 is 4.42 Å². The normalized spacial score (nSPS) is 14.3. The van der Waals surface area contributed by atoms with E-state index >= 15 is 0 Å². The van der Waals surface area contributed by atoms with Crippen LogP contribution in [0.25, 0.3) is 60.6 Å². The van der Waals surface area contributed by atoms with Gasteiger partial charge in [0.1, 0.15) is 11.0 Å². The molecule has 238 valence electrons. The number of hydrogen-bond acceptors (Lipinski definition) is 2. The van der Waals surface area contributed by atoms with Crippen LogP contribution < -0.4 is 5.42 Å². The molecule has 5 aromatic carbocycles. The van der Waals surface area contributed by atoms with Gasteiger partial charge in [-0.25, -0.2) is 9.98 Å². The van der Waals surface area contributed by atoms with Crippen molar-refractivity contribution in [3.63, 3.8) is 0 Å². The van der Waals surface area contributed by atoms with E-state index in [1.165, 1.54) is 38.1 Å². The van der Waals surface area contributed by atoms with E-state index < -0.39 is 0 Å². The molecule has 0 saturated heterocycles. The van der Waals surface area contributed by atoms with Gasteiger partial charge in [-0.2, -0.15) is 0 Å². The summed E-state index contributed by atoms with van der Waals surface area (Å²) in [4.78, 5) is 10.6. The third kappa shape index (κ3) is 6.00. The summed E-state index contributed by atoms with van der Waals surface area (Å²) in [6.45, 7) is 14.1. The molecule has 0 aliphatic heterocycles. The van der Waals surface area contributed by atoms with E-state index in [4.69, 9.17) is 14.4 Å². The van der Waals surface area contributed by atoms with Crippen molar-refractivity contribution in [2.45, 2.75) is 47.5 Å². The van der Waals surface area contributed by atoms with E-state index in [2.05, 4.69) is 111 Å². The number of rotatable bonds is 7. The minimum absolute atomic E-state index is 0.634. The summed E-state index contributed by atoms with van der Waals surface area (Å²) in [6, 6.07) is 29.9. The SMILES string of the molecule is C=C/C=C\C=C\C(C)=NC(=N/C(=C(\C)CC)c1ccccc1)C1=c2oc3cccc4c5ccc6ccccc6c5c(c2c34)C=CC1.CC. The van der Waals surface area contributed by atoms with Gasteiger partial charge in [0.2, 0.25) is 0 Å². The lowest BCUT2D eigenvalue weighted by molar-refractivity contribution is 0.581. The summed E-state index contributed by atoms with van der Waals surface area (Å²) in [5.74, 6) is 0.660. The zero-order chi connectivity index (χ0) is 33.6. The van der Waals surface area contributed by atoms with Gasteiger partial charge in [-0.1, -0.05) is 143 Å². The molecule has 1 aliphatic carbocycles. The monoisotopic (exact) mass is 626 g/mol. The molecule has 0 unspecified atom stereocenters. The second kappa shape index (κ2) is 14.5. The number of nitrogens with zero attached hydrogens (tertiary/aromatic N) is 2. The van der Waals surface area contributed by atoms with Crippen LogP contribution in [-0.2, 0) is 0 Å². The summed E-state index contributed by atoms with van der Waals surface area (Å²) >= 11 is 0. The Morgan fingerprint density at radius 1 is 0.771 bits per heavy atom. The highest BCUT2D eigenvalue weighted by Gasteiger charge is 2.23. The maximum Gasteiger partial charge on any atom is 0.160 e. The number of furan rings is 1. The quantitative estimate of drug-likeness (QED) is 0.0752. The number of benzene rings is 5. The first-order chi connectivity index (χ1) is 23.6. The minimum atomic E-state index is 0.634. The molecular formula is C45H42N2O. The Morgan fingerprint density at radius 3 is 2.31 bits per heavy atom. The predicted octanol–water partition coefficient (Wildman–Crippen LogP) is 12.2. The standard InChI is InChI=1S/C43H36N2O.C2H6/c1-5-7-8-10-17-29(4)44-43(45-41(28(3)6-2)31-19-11-9-12-20-31)36-24-15-23-35-38-32-21-14-13-18-30(32)26-27-34(38)33-22-16-25-37-39(33)40(35)42(36)46-37;1-2/h5,7-23,25-27H,1,6,24H2,2-4H3;1-2H3/b8-7-,17-10+,41-28+,44-29?,45-43?;. The molecule has 7 rings (SSSR count). The molecular weight excluding hydrogens is 585 g/mol. The molecule has 0 bridgehead atoms. The average Bonchev–Trinajstić information content (AvgIpc) is 3.42. The van der Waals surface area contributed by atoms with E-state index in [0.717, 1.165) is 50.7 Å². The molecule has 6 aromatic rings. The molecule has 3 nitrogen and oxygen atoms in total. The van der Waals surface area contributed by atoms with Gasteiger partial charge in [0.25, 0.3) is 0 Å². The van der Waals surface area contributed by atoms with Crippen LogP contribution >= 0.6 is 0 Å². The first kappa shape index (κ1) is 32.4. The molecule has 0 N–H and O–H groups in total. The molecule has 1 heterocycles. The molecule has 1 aromatic heterocycles. The summed E-state index contributed by atoms with van der Waals surface area (Å²) < 4.78 is 6.86. The zero-order valence-corrected chi connectivity index (χ0v) is 28.5. The van der Waals surface area contributed by atoms with E-state index in [0.29, 0.717) is 12.3 Å². The fraction of sp³-hybridized carbons (Fsp3) is 0.156. The Hall–Kier alpha value is -5.54. The summed E-state index contributed by atoms with van der Waals surface area (Å²) in [7, 11) is 0. The van der Waals surface area contributed by atoms with Crippen LogP contribution in [0.3, 0.4) is 0 Å². The number of hydrogen-bond donors (Lipinski definition) is 0. The molecule has 0 fully saturated rings. The minimum Gasteiger partial charge on any atom is -0.456 e. The largest absolute Gasteiger partial charge is 0.456 e. The Balaban J connectivity index is 0.00000197. The predicted molar refractivity (Wildman–Crippen MR) is 211 cm³/mol. The molecule has 0 amide bonds. The van der Waals surface area contributed by atoms with Gasteiger partial charge >= 0.3 is 0 Å². The van der Waals surface area contributed by atoms with Crippen molar-refractivity contribution >= 4 is 72.2 Å². The Kier molecular flexibility index (Phi) is 9.78. The highest BCUT2D eigenvalue weighted by molar-refractivity contribution is 6.31. The van der Waals surface area contributed by atoms with Gasteiger partial charge in [0.05, 0.1) is 5.70 Å². The van der Waals surface area contributed by atoms with Gasteiger partial charge in [0, 0.05) is 27.6 Å². The third-order valence-electron chi connectivity index (χ3n) is 8.80. The van der Waals surface area contributed by atoms with Crippen LogP contribution in [0.5, 0.6) is 0 Å². The van der Waals surface area contributed by atoms with E-state index in [1.807, 2.05) is 51.1 Å². The molecule has 48 heavy (non-hydrogen) atoms. The number of allylic oxidation sites excluding steroid dienone is 7. The second-order valence-electron chi connectivity index (χ2n) is 11.7.